The Kier molecular flexibility index (Phi) is 5.86. The van der Waals surface area contributed by atoms with Gasteiger partial charge in [-0.3, -0.25) is 0 Å². The molecule has 0 aliphatic heterocycles. The first-order chi connectivity index (χ1) is 9.40. The molecule has 0 aliphatic carbocycles. The van der Waals surface area contributed by atoms with Gasteiger partial charge in [-0.2, -0.15) is 0 Å². The van der Waals surface area contributed by atoms with Crippen molar-refractivity contribution >= 4 is 17.3 Å². The monoisotopic (exact) mass is 278 g/mol. The molecular weight excluding hydrogens is 252 g/mol. The highest BCUT2D eigenvalue weighted by molar-refractivity contribution is 5.95. The Hall–Kier alpha value is -1.71. The fourth-order valence-corrected chi connectivity index (χ4v) is 2.53. The molecule has 4 heteroatoms. The van der Waals surface area contributed by atoms with Crippen LogP contribution in [0, 0.1) is 5.92 Å². The zero-order chi connectivity index (χ0) is 15.3. The van der Waals surface area contributed by atoms with E-state index in [1.807, 2.05) is 0 Å². The third-order valence-electron chi connectivity index (χ3n) is 3.51. The Bertz CT molecular complexity index is 454. The van der Waals surface area contributed by atoms with E-state index in [4.69, 9.17) is 5.73 Å². The highest BCUT2D eigenvalue weighted by atomic mass is 16.4. The van der Waals surface area contributed by atoms with Crippen molar-refractivity contribution in [2.24, 2.45) is 5.92 Å². The van der Waals surface area contributed by atoms with Gasteiger partial charge in [-0.25, -0.2) is 4.79 Å². The molecule has 0 heterocycles. The minimum absolute atomic E-state index is 0.326. The van der Waals surface area contributed by atoms with Gasteiger partial charge in [0.2, 0.25) is 0 Å². The molecule has 0 spiro atoms. The first-order valence-corrected chi connectivity index (χ1v) is 7.30. The summed E-state index contributed by atoms with van der Waals surface area (Å²) in [6.45, 7) is 9.38. The summed E-state index contributed by atoms with van der Waals surface area (Å²) < 4.78 is 0. The van der Waals surface area contributed by atoms with Gasteiger partial charge in [-0.05, 0) is 37.0 Å². The number of nitrogen functional groups attached to an aromatic ring is 1. The average Bonchev–Trinajstić information content (AvgIpc) is 2.38. The molecule has 1 rings (SSSR count). The molecule has 0 saturated carbocycles. The Morgan fingerprint density at radius 3 is 2.35 bits per heavy atom. The van der Waals surface area contributed by atoms with Crippen LogP contribution in [0.1, 0.15) is 50.9 Å². The van der Waals surface area contributed by atoms with Crippen LogP contribution in [0.25, 0.3) is 0 Å². The number of benzene rings is 1. The Morgan fingerprint density at radius 1 is 1.30 bits per heavy atom. The third-order valence-corrected chi connectivity index (χ3v) is 3.51. The van der Waals surface area contributed by atoms with E-state index in [1.165, 1.54) is 0 Å². The number of rotatable bonds is 7. The van der Waals surface area contributed by atoms with Crippen molar-refractivity contribution in [3.63, 3.8) is 0 Å². The van der Waals surface area contributed by atoms with Crippen LogP contribution in [0.2, 0.25) is 0 Å². The summed E-state index contributed by atoms with van der Waals surface area (Å²) in [5.74, 6) is -0.446. The molecule has 0 saturated heterocycles. The van der Waals surface area contributed by atoms with Crippen molar-refractivity contribution in [3.05, 3.63) is 23.8 Å². The Morgan fingerprint density at radius 2 is 1.90 bits per heavy atom. The lowest BCUT2D eigenvalue weighted by atomic mass is 10.0. The Balaban J connectivity index is 3.31. The van der Waals surface area contributed by atoms with E-state index in [9.17, 15) is 9.90 Å². The number of anilines is 2. The largest absolute Gasteiger partial charge is 0.478 e. The highest BCUT2D eigenvalue weighted by Crippen LogP contribution is 2.28. The van der Waals surface area contributed by atoms with Gasteiger partial charge in [-0.15, -0.1) is 0 Å². The standard InChI is InChI=1S/C16H26N2O2/c1-5-13(6-2)18(10-11(3)4)15-9-12(17)7-8-14(15)16(19)20/h7-9,11,13H,5-6,10,17H2,1-4H3,(H,19,20). The number of hydrogen-bond acceptors (Lipinski definition) is 3. The molecule has 0 aromatic heterocycles. The maximum Gasteiger partial charge on any atom is 0.337 e. The molecular formula is C16H26N2O2. The predicted molar refractivity (Wildman–Crippen MR) is 84.4 cm³/mol. The van der Waals surface area contributed by atoms with Gasteiger partial charge in [0.05, 0.1) is 11.3 Å². The van der Waals surface area contributed by atoms with Crippen LogP contribution >= 0.6 is 0 Å². The fourth-order valence-electron chi connectivity index (χ4n) is 2.53. The third kappa shape index (κ3) is 3.89. The Labute approximate surface area is 121 Å². The molecule has 20 heavy (non-hydrogen) atoms. The second-order valence-electron chi connectivity index (χ2n) is 5.60. The molecule has 0 bridgehead atoms. The lowest BCUT2D eigenvalue weighted by Crippen LogP contribution is -2.38. The maximum atomic E-state index is 11.5. The number of nitrogens with two attached hydrogens (primary N) is 1. The van der Waals surface area contributed by atoms with E-state index in [0.717, 1.165) is 25.1 Å². The number of nitrogens with zero attached hydrogens (tertiary/aromatic N) is 1. The topological polar surface area (TPSA) is 66.6 Å². The van der Waals surface area contributed by atoms with E-state index in [2.05, 4.69) is 32.6 Å². The first-order valence-electron chi connectivity index (χ1n) is 7.30. The van der Waals surface area contributed by atoms with Gasteiger partial charge in [0, 0.05) is 18.3 Å². The molecule has 1 aromatic rings. The van der Waals surface area contributed by atoms with Crippen LogP contribution in [0.4, 0.5) is 11.4 Å². The van der Waals surface area contributed by atoms with Crippen LogP contribution in [0.5, 0.6) is 0 Å². The molecule has 0 atom stereocenters. The van der Waals surface area contributed by atoms with E-state index < -0.39 is 5.97 Å². The SMILES string of the molecule is CCC(CC)N(CC(C)C)c1cc(N)ccc1C(=O)O. The highest BCUT2D eigenvalue weighted by Gasteiger charge is 2.22. The number of carboxylic acid groups (broad SMARTS) is 1. The van der Waals surface area contributed by atoms with Crippen LogP contribution < -0.4 is 10.6 Å². The second-order valence-corrected chi connectivity index (χ2v) is 5.60. The molecule has 0 unspecified atom stereocenters. The number of aromatic carboxylic acids is 1. The van der Waals surface area contributed by atoms with Crippen molar-refractivity contribution in [2.75, 3.05) is 17.2 Å². The molecule has 0 fully saturated rings. The average molecular weight is 278 g/mol. The maximum absolute atomic E-state index is 11.5. The first kappa shape index (κ1) is 16.3. The van der Waals surface area contributed by atoms with E-state index >= 15 is 0 Å². The summed E-state index contributed by atoms with van der Waals surface area (Å²) >= 11 is 0. The quantitative estimate of drug-likeness (QED) is 0.748. The molecule has 0 radical (unpaired) electrons. The lowest BCUT2D eigenvalue weighted by Gasteiger charge is -2.35. The minimum Gasteiger partial charge on any atom is -0.478 e. The van der Waals surface area contributed by atoms with Crippen molar-refractivity contribution in [2.45, 2.75) is 46.6 Å². The van der Waals surface area contributed by atoms with Gasteiger partial charge >= 0.3 is 5.97 Å². The molecule has 112 valence electrons. The van der Waals surface area contributed by atoms with Gasteiger partial charge in [0.25, 0.3) is 0 Å². The minimum atomic E-state index is -0.903. The summed E-state index contributed by atoms with van der Waals surface area (Å²) in [6, 6.07) is 5.36. The molecule has 4 nitrogen and oxygen atoms in total. The zero-order valence-electron chi connectivity index (χ0n) is 12.9. The summed E-state index contributed by atoms with van der Waals surface area (Å²) in [6.07, 6.45) is 1.97. The van der Waals surface area contributed by atoms with Gasteiger partial charge in [-0.1, -0.05) is 27.7 Å². The normalized spacial score (nSPS) is 11.1. The number of carbonyl (C=O) groups is 1. The van der Waals surface area contributed by atoms with Crippen LogP contribution in [-0.4, -0.2) is 23.7 Å². The van der Waals surface area contributed by atoms with Gasteiger partial charge in [0.1, 0.15) is 0 Å². The van der Waals surface area contributed by atoms with Gasteiger partial charge in [0.15, 0.2) is 0 Å². The van der Waals surface area contributed by atoms with Crippen molar-refractivity contribution in [1.29, 1.82) is 0 Å². The summed E-state index contributed by atoms with van der Waals surface area (Å²) in [5, 5.41) is 9.40. The van der Waals surface area contributed by atoms with Crippen molar-refractivity contribution in [1.82, 2.24) is 0 Å². The number of carboxylic acids is 1. The zero-order valence-corrected chi connectivity index (χ0v) is 12.9. The van der Waals surface area contributed by atoms with E-state index in [0.29, 0.717) is 23.2 Å². The summed E-state index contributed by atoms with van der Waals surface area (Å²) in [4.78, 5) is 13.7. The number of hydrogen-bond donors (Lipinski definition) is 2. The van der Waals surface area contributed by atoms with Crippen LogP contribution in [-0.2, 0) is 0 Å². The summed E-state index contributed by atoms with van der Waals surface area (Å²) in [7, 11) is 0. The second kappa shape index (κ2) is 7.17. The fraction of sp³-hybridized carbons (Fsp3) is 0.562. The van der Waals surface area contributed by atoms with E-state index in [1.54, 1.807) is 18.2 Å². The summed E-state index contributed by atoms with van der Waals surface area (Å²) in [5.41, 5.74) is 7.52. The molecule has 3 N–H and O–H groups in total. The predicted octanol–water partition coefficient (Wildman–Crippen LogP) is 3.62. The van der Waals surface area contributed by atoms with Crippen molar-refractivity contribution < 1.29 is 9.90 Å². The smallest absolute Gasteiger partial charge is 0.337 e. The van der Waals surface area contributed by atoms with Crippen LogP contribution in [0.15, 0.2) is 18.2 Å². The molecule has 0 aliphatic rings. The molecule has 1 aromatic carbocycles. The van der Waals surface area contributed by atoms with E-state index in [-0.39, 0.29) is 0 Å². The van der Waals surface area contributed by atoms with Crippen molar-refractivity contribution in [3.8, 4) is 0 Å². The lowest BCUT2D eigenvalue weighted by molar-refractivity contribution is 0.0697. The molecule has 0 amide bonds. The van der Waals surface area contributed by atoms with Crippen LogP contribution in [0.3, 0.4) is 0 Å². The van der Waals surface area contributed by atoms with Gasteiger partial charge < -0.3 is 15.7 Å².